The molecule has 0 aliphatic carbocycles. The summed E-state index contributed by atoms with van der Waals surface area (Å²) < 4.78 is 0. The van der Waals surface area contributed by atoms with E-state index in [1.165, 1.54) is 23.5 Å². The molecule has 1 heteroatoms. The number of rotatable bonds is 1. The molecule has 1 unspecified atom stereocenters. The minimum atomic E-state index is 0.527. The first-order chi connectivity index (χ1) is 6.23. The van der Waals surface area contributed by atoms with E-state index in [9.17, 15) is 0 Å². The predicted molar refractivity (Wildman–Crippen MR) is 59.3 cm³/mol. The molecule has 0 radical (unpaired) electrons. The summed E-state index contributed by atoms with van der Waals surface area (Å²) >= 11 is 2.02. The van der Waals surface area contributed by atoms with Gasteiger partial charge < -0.3 is 0 Å². The molecule has 13 heavy (non-hydrogen) atoms. The van der Waals surface area contributed by atoms with Crippen molar-refractivity contribution in [2.75, 3.05) is 5.75 Å². The maximum absolute atomic E-state index is 2.40. The molecule has 0 aromatic heterocycles. The Morgan fingerprint density at radius 1 is 1.38 bits per heavy atom. The molecule has 1 aromatic rings. The molecule has 1 aliphatic heterocycles. The number of hydrogen-bond acceptors (Lipinski definition) is 1. The lowest BCUT2D eigenvalue weighted by molar-refractivity contribution is 0.351. The predicted octanol–water partition coefficient (Wildman–Crippen LogP) is 3.75. The highest BCUT2D eigenvalue weighted by Gasteiger charge is 2.28. The van der Waals surface area contributed by atoms with Gasteiger partial charge >= 0.3 is 0 Å². The van der Waals surface area contributed by atoms with Gasteiger partial charge in [-0.15, -0.1) is 11.8 Å². The highest BCUT2D eigenvalue weighted by Crippen LogP contribution is 2.41. The quantitative estimate of drug-likeness (QED) is 0.653. The van der Waals surface area contributed by atoms with Crippen molar-refractivity contribution < 1.29 is 0 Å². The fourth-order valence-corrected chi connectivity index (χ4v) is 3.09. The average molecular weight is 192 g/mol. The maximum atomic E-state index is 2.40. The van der Waals surface area contributed by atoms with E-state index in [2.05, 4.69) is 38.1 Å². The van der Waals surface area contributed by atoms with E-state index in [1.54, 1.807) is 5.56 Å². The molecule has 0 saturated heterocycles. The third-order valence-corrected chi connectivity index (χ3v) is 4.57. The summed E-state index contributed by atoms with van der Waals surface area (Å²) in [6.07, 6.45) is 2.54. The Kier molecular flexibility index (Phi) is 2.37. The van der Waals surface area contributed by atoms with Crippen molar-refractivity contribution in [2.24, 2.45) is 5.41 Å². The highest BCUT2D eigenvalue weighted by molar-refractivity contribution is 7.99. The van der Waals surface area contributed by atoms with Crippen LogP contribution in [0.15, 0.2) is 29.2 Å². The molecule has 0 N–H and O–H groups in total. The van der Waals surface area contributed by atoms with Crippen LogP contribution in [0.5, 0.6) is 0 Å². The second kappa shape index (κ2) is 3.38. The van der Waals surface area contributed by atoms with E-state index < -0.39 is 0 Å². The van der Waals surface area contributed by atoms with Crippen LogP contribution in [0.4, 0.5) is 0 Å². The summed E-state index contributed by atoms with van der Waals surface area (Å²) in [6.45, 7) is 4.70. The van der Waals surface area contributed by atoms with Crippen molar-refractivity contribution in [1.82, 2.24) is 0 Å². The second-order valence-electron chi connectivity index (χ2n) is 4.24. The van der Waals surface area contributed by atoms with Crippen LogP contribution in [-0.2, 0) is 6.42 Å². The van der Waals surface area contributed by atoms with Crippen LogP contribution in [0, 0.1) is 5.41 Å². The molecule has 1 aliphatic rings. The Bertz CT molecular complexity index is 306. The Morgan fingerprint density at radius 3 is 2.92 bits per heavy atom. The summed E-state index contributed by atoms with van der Waals surface area (Å²) in [6, 6.07) is 8.81. The van der Waals surface area contributed by atoms with Crippen LogP contribution in [0.25, 0.3) is 0 Å². The van der Waals surface area contributed by atoms with Gasteiger partial charge in [-0.25, -0.2) is 0 Å². The molecular formula is C12H16S. The van der Waals surface area contributed by atoms with E-state index in [1.807, 2.05) is 11.8 Å². The Labute approximate surface area is 84.7 Å². The van der Waals surface area contributed by atoms with Crippen LogP contribution in [0.2, 0.25) is 0 Å². The van der Waals surface area contributed by atoms with E-state index in [4.69, 9.17) is 0 Å². The zero-order valence-corrected chi connectivity index (χ0v) is 9.16. The lowest BCUT2D eigenvalue weighted by Gasteiger charge is -2.33. The van der Waals surface area contributed by atoms with Crippen LogP contribution in [0.3, 0.4) is 0 Å². The molecule has 0 spiro atoms. The standard InChI is InChI=1S/C12H16S/c1-3-12(2)8-10-6-4-5-7-11(10)13-9-12/h4-7H,3,8-9H2,1-2H3. The lowest BCUT2D eigenvalue weighted by Crippen LogP contribution is -2.25. The van der Waals surface area contributed by atoms with Crippen LogP contribution in [0.1, 0.15) is 25.8 Å². The lowest BCUT2D eigenvalue weighted by atomic mass is 9.83. The molecular weight excluding hydrogens is 176 g/mol. The van der Waals surface area contributed by atoms with Crippen molar-refractivity contribution in [3.8, 4) is 0 Å². The molecule has 1 atom stereocenters. The molecule has 1 heterocycles. The van der Waals surface area contributed by atoms with E-state index in [-0.39, 0.29) is 0 Å². The zero-order valence-electron chi connectivity index (χ0n) is 8.34. The van der Waals surface area contributed by atoms with Gasteiger partial charge in [0.25, 0.3) is 0 Å². The van der Waals surface area contributed by atoms with Crippen LogP contribution >= 0.6 is 11.8 Å². The summed E-state index contributed by atoms with van der Waals surface area (Å²) in [5.41, 5.74) is 2.07. The monoisotopic (exact) mass is 192 g/mol. The largest absolute Gasteiger partial charge is 0.125 e. The fourth-order valence-electron chi connectivity index (χ4n) is 1.78. The first-order valence-electron chi connectivity index (χ1n) is 4.94. The SMILES string of the molecule is CCC1(C)CSc2ccccc2C1. The highest BCUT2D eigenvalue weighted by atomic mass is 32.2. The minimum absolute atomic E-state index is 0.527. The molecule has 0 fully saturated rings. The van der Waals surface area contributed by atoms with Gasteiger partial charge in [0.1, 0.15) is 0 Å². The Balaban J connectivity index is 2.29. The summed E-state index contributed by atoms with van der Waals surface area (Å²) in [7, 11) is 0. The van der Waals surface area contributed by atoms with Gasteiger partial charge in [-0.2, -0.15) is 0 Å². The van der Waals surface area contributed by atoms with Crippen molar-refractivity contribution in [3.63, 3.8) is 0 Å². The van der Waals surface area contributed by atoms with Gasteiger partial charge in [-0.1, -0.05) is 32.0 Å². The van der Waals surface area contributed by atoms with Gasteiger partial charge in [0.05, 0.1) is 0 Å². The van der Waals surface area contributed by atoms with Gasteiger partial charge in [0, 0.05) is 10.6 Å². The Morgan fingerprint density at radius 2 is 2.15 bits per heavy atom. The third kappa shape index (κ3) is 1.76. The van der Waals surface area contributed by atoms with Gasteiger partial charge in [-0.05, 0) is 29.9 Å². The van der Waals surface area contributed by atoms with Crippen molar-refractivity contribution in [2.45, 2.75) is 31.6 Å². The van der Waals surface area contributed by atoms with Gasteiger partial charge in [0.15, 0.2) is 0 Å². The summed E-state index contributed by atoms with van der Waals surface area (Å²) in [4.78, 5) is 1.49. The number of thioether (sulfide) groups is 1. The number of fused-ring (bicyclic) bond motifs is 1. The first-order valence-corrected chi connectivity index (χ1v) is 5.93. The van der Waals surface area contributed by atoms with Crippen molar-refractivity contribution in [1.29, 1.82) is 0 Å². The molecule has 0 bridgehead atoms. The fraction of sp³-hybridized carbons (Fsp3) is 0.500. The number of benzene rings is 1. The van der Waals surface area contributed by atoms with E-state index in [0.29, 0.717) is 5.41 Å². The molecule has 0 amide bonds. The third-order valence-electron chi connectivity index (χ3n) is 3.02. The molecule has 70 valence electrons. The molecule has 2 rings (SSSR count). The summed E-state index contributed by atoms with van der Waals surface area (Å²) in [5, 5.41) is 0. The number of hydrogen-bond donors (Lipinski definition) is 0. The van der Waals surface area contributed by atoms with Crippen molar-refractivity contribution >= 4 is 11.8 Å². The smallest absolute Gasteiger partial charge is 0.0104 e. The Hall–Kier alpha value is -0.430. The minimum Gasteiger partial charge on any atom is -0.125 e. The zero-order chi connectivity index (χ0) is 9.31. The summed E-state index contributed by atoms with van der Waals surface area (Å²) in [5.74, 6) is 1.28. The van der Waals surface area contributed by atoms with Gasteiger partial charge in [0.2, 0.25) is 0 Å². The molecule has 1 aromatic carbocycles. The average Bonchev–Trinajstić information content (AvgIpc) is 2.18. The van der Waals surface area contributed by atoms with Gasteiger partial charge in [-0.3, -0.25) is 0 Å². The normalized spacial score (nSPS) is 26.9. The first kappa shape index (κ1) is 9.14. The van der Waals surface area contributed by atoms with Crippen LogP contribution < -0.4 is 0 Å². The second-order valence-corrected chi connectivity index (χ2v) is 5.25. The topological polar surface area (TPSA) is 0 Å². The van der Waals surface area contributed by atoms with Crippen molar-refractivity contribution in [3.05, 3.63) is 29.8 Å². The van der Waals surface area contributed by atoms with E-state index >= 15 is 0 Å². The maximum Gasteiger partial charge on any atom is 0.0104 e. The van der Waals surface area contributed by atoms with E-state index in [0.717, 1.165) is 0 Å². The molecule has 0 saturated carbocycles. The van der Waals surface area contributed by atoms with Crippen LogP contribution in [-0.4, -0.2) is 5.75 Å². The molecule has 0 nitrogen and oxygen atoms in total.